The van der Waals surface area contributed by atoms with Crippen LogP contribution in [0.2, 0.25) is 0 Å². The average molecular weight is 390 g/mol. The maximum atomic E-state index is 12.9. The van der Waals surface area contributed by atoms with Crippen LogP contribution in [-0.2, 0) is 0 Å². The summed E-state index contributed by atoms with van der Waals surface area (Å²) in [4.78, 5) is 26.4. The fraction of sp³-hybridized carbons (Fsp3) is 0.348. The SMILES string of the molecule is Cc1cc(N2CCN(C(=O)c3ccc(-n4cccc4)cc3)CC2)nc(C(C)C)n1. The molecular formula is C23H27N5O. The number of anilines is 1. The average Bonchev–Trinajstić information content (AvgIpc) is 3.28. The Morgan fingerprint density at radius 1 is 0.966 bits per heavy atom. The zero-order chi connectivity index (χ0) is 20.4. The number of piperazine rings is 1. The van der Waals surface area contributed by atoms with Gasteiger partial charge in [0.15, 0.2) is 0 Å². The first kappa shape index (κ1) is 19.2. The topological polar surface area (TPSA) is 54.3 Å². The lowest BCUT2D eigenvalue weighted by atomic mass is 10.1. The Labute approximate surface area is 171 Å². The smallest absolute Gasteiger partial charge is 0.253 e. The van der Waals surface area contributed by atoms with Gasteiger partial charge in [-0.3, -0.25) is 4.79 Å². The molecule has 2 aromatic heterocycles. The molecule has 150 valence electrons. The molecule has 1 fully saturated rings. The van der Waals surface area contributed by atoms with Crippen molar-refractivity contribution >= 4 is 11.7 Å². The number of aryl methyl sites for hydroxylation is 1. The highest BCUT2D eigenvalue weighted by Crippen LogP contribution is 2.20. The van der Waals surface area contributed by atoms with Gasteiger partial charge in [-0.05, 0) is 43.3 Å². The number of carbonyl (C=O) groups is 1. The van der Waals surface area contributed by atoms with E-state index in [1.807, 2.05) is 71.2 Å². The first-order valence-electron chi connectivity index (χ1n) is 10.1. The van der Waals surface area contributed by atoms with E-state index in [4.69, 9.17) is 4.98 Å². The number of rotatable bonds is 4. The van der Waals surface area contributed by atoms with Crippen LogP contribution in [0.25, 0.3) is 5.69 Å². The summed E-state index contributed by atoms with van der Waals surface area (Å²) in [5.74, 6) is 2.22. The van der Waals surface area contributed by atoms with Crippen LogP contribution in [0, 0.1) is 6.92 Å². The van der Waals surface area contributed by atoms with Crippen molar-refractivity contribution in [2.75, 3.05) is 31.1 Å². The molecular weight excluding hydrogens is 362 g/mol. The Hall–Kier alpha value is -3.15. The van der Waals surface area contributed by atoms with Crippen LogP contribution in [0.4, 0.5) is 5.82 Å². The van der Waals surface area contributed by atoms with Gasteiger partial charge < -0.3 is 14.4 Å². The standard InChI is InChI=1S/C23H27N5O/c1-17(2)22-24-18(3)16-21(25-22)27-12-14-28(15-13-27)23(29)19-6-8-20(9-7-19)26-10-4-5-11-26/h4-11,16-17H,12-15H2,1-3H3. The number of amides is 1. The lowest BCUT2D eigenvalue weighted by molar-refractivity contribution is 0.0746. The second kappa shape index (κ2) is 8.07. The van der Waals surface area contributed by atoms with Crippen LogP contribution in [-0.4, -0.2) is 51.5 Å². The maximum Gasteiger partial charge on any atom is 0.253 e. The summed E-state index contributed by atoms with van der Waals surface area (Å²) in [6.07, 6.45) is 3.99. The van der Waals surface area contributed by atoms with E-state index in [1.165, 1.54) is 0 Å². The number of aromatic nitrogens is 3. The second-order valence-corrected chi connectivity index (χ2v) is 7.80. The van der Waals surface area contributed by atoms with Gasteiger partial charge in [-0.25, -0.2) is 9.97 Å². The minimum atomic E-state index is 0.0884. The van der Waals surface area contributed by atoms with E-state index in [2.05, 4.69) is 23.7 Å². The van der Waals surface area contributed by atoms with Gasteiger partial charge in [0.2, 0.25) is 0 Å². The van der Waals surface area contributed by atoms with E-state index in [-0.39, 0.29) is 5.91 Å². The van der Waals surface area contributed by atoms with Gasteiger partial charge in [0, 0.05) is 67.5 Å². The highest BCUT2D eigenvalue weighted by atomic mass is 16.2. The molecule has 1 aliphatic heterocycles. The zero-order valence-corrected chi connectivity index (χ0v) is 17.2. The monoisotopic (exact) mass is 389 g/mol. The van der Waals surface area contributed by atoms with Gasteiger partial charge in [-0.2, -0.15) is 0 Å². The Kier molecular flexibility index (Phi) is 5.34. The molecule has 0 bridgehead atoms. The number of nitrogens with zero attached hydrogens (tertiary/aromatic N) is 5. The summed E-state index contributed by atoms with van der Waals surface area (Å²) in [5, 5.41) is 0. The van der Waals surface area contributed by atoms with E-state index in [9.17, 15) is 4.79 Å². The molecule has 29 heavy (non-hydrogen) atoms. The molecule has 0 aliphatic carbocycles. The van der Waals surface area contributed by atoms with Crippen LogP contribution in [0.5, 0.6) is 0 Å². The first-order valence-corrected chi connectivity index (χ1v) is 10.1. The van der Waals surface area contributed by atoms with Crippen LogP contribution < -0.4 is 4.90 Å². The Balaban J connectivity index is 1.41. The molecule has 1 saturated heterocycles. The Morgan fingerprint density at radius 2 is 1.62 bits per heavy atom. The highest BCUT2D eigenvalue weighted by Gasteiger charge is 2.23. The third kappa shape index (κ3) is 4.16. The van der Waals surface area contributed by atoms with Crippen LogP contribution in [0.1, 0.15) is 41.6 Å². The lowest BCUT2D eigenvalue weighted by Gasteiger charge is -2.35. The third-order valence-electron chi connectivity index (χ3n) is 5.28. The zero-order valence-electron chi connectivity index (χ0n) is 17.2. The molecule has 1 aliphatic rings. The quantitative estimate of drug-likeness (QED) is 0.683. The predicted molar refractivity (Wildman–Crippen MR) is 115 cm³/mol. The Morgan fingerprint density at radius 3 is 2.24 bits per heavy atom. The fourth-order valence-corrected chi connectivity index (χ4v) is 3.60. The summed E-state index contributed by atoms with van der Waals surface area (Å²) < 4.78 is 2.03. The molecule has 0 unspecified atom stereocenters. The van der Waals surface area contributed by atoms with Crippen molar-refractivity contribution < 1.29 is 4.79 Å². The van der Waals surface area contributed by atoms with Crippen LogP contribution >= 0.6 is 0 Å². The first-order chi connectivity index (χ1) is 14.0. The number of carbonyl (C=O) groups excluding carboxylic acids is 1. The van der Waals surface area contributed by atoms with Gasteiger partial charge in [0.25, 0.3) is 5.91 Å². The molecule has 3 aromatic rings. The minimum Gasteiger partial charge on any atom is -0.353 e. The molecule has 0 atom stereocenters. The van der Waals surface area contributed by atoms with E-state index < -0.39 is 0 Å². The van der Waals surface area contributed by atoms with Crippen LogP contribution in [0.15, 0.2) is 54.9 Å². The summed E-state index contributed by atoms with van der Waals surface area (Å²) >= 11 is 0. The maximum absolute atomic E-state index is 12.9. The van der Waals surface area contributed by atoms with Crippen molar-refractivity contribution in [1.29, 1.82) is 0 Å². The normalized spacial score (nSPS) is 14.5. The van der Waals surface area contributed by atoms with Gasteiger partial charge in [-0.1, -0.05) is 13.8 Å². The summed E-state index contributed by atoms with van der Waals surface area (Å²) in [6.45, 7) is 9.17. The van der Waals surface area contributed by atoms with Gasteiger partial charge in [0.05, 0.1) is 0 Å². The van der Waals surface area contributed by atoms with Crippen molar-refractivity contribution in [2.45, 2.75) is 26.7 Å². The van der Waals surface area contributed by atoms with Crippen LogP contribution in [0.3, 0.4) is 0 Å². The molecule has 6 heteroatoms. The van der Waals surface area contributed by atoms with Crippen molar-refractivity contribution in [3.63, 3.8) is 0 Å². The van der Waals surface area contributed by atoms with E-state index in [0.717, 1.165) is 41.7 Å². The minimum absolute atomic E-state index is 0.0884. The largest absolute Gasteiger partial charge is 0.353 e. The van der Waals surface area contributed by atoms with Gasteiger partial charge >= 0.3 is 0 Å². The molecule has 1 aromatic carbocycles. The molecule has 1 amide bonds. The number of hydrogen-bond acceptors (Lipinski definition) is 4. The summed E-state index contributed by atoms with van der Waals surface area (Å²) in [5.41, 5.74) is 2.77. The number of hydrogen-bond donors (Lipinski definition) is 0. The summed E-state index contributed by atoms with van der Waals surface area (Å²) in [7, 11) is 0. The van der Waals surface area contributed by atoms with Crippen molar-refractivity contribution in [1.82, 2.24) is 19.4 Å². The molecule has 0 saturated carbocycles. The lowest BCUT2D eigenvalue weighted by Crippen LogP contribution is -2.49. The second-order valence-electron chi connectivity index (χ2n) is 7.80. The summed E-state index contributed by atoms with van der Waals surface area (Å²) in [6, 6.07) is 13.8. The van der Waals surface area contributed by atoms with Crippen molar-refractivity contribution in [3.05, 3.63) is 71.9 Å². The fourth-order valence-electron chi connectivity index (χ4n) is 3.60. The molecule has 0 spiro atoms. The molecule has 3 heterocycles. The Bertz CT molecular complexity index is 971. The molecule has 4 rings (SSSR count). The number of benzene rings is 1. The third-order valence-corrected chi connectivity index (χ3v) is 5.28. The van der Waals surface area contributed by atoms with Gasteiger partial charge in [0.1, 0.15) is 11.6 Å². The van der Waals surface area contributed by atoms with E-state index >= 15 is 0 Å². The van der Waals surface area contributed by atoms with Gasteiger partial charge in [-0.15, -0.1) is 0 Å². The predicted octanol–water partition coefficient (Wildman–Crippen LogP) is 3.66. The molecule has 6 nitrogen and oxygen atoms in total. The highest BCUT2D eigenvalue weighted by molar-refractivity contribution is 5.94. The van der Waals surface area contributed by atoms with E-state index in [1.54, 1.807) is 0 Å². The molecule has 0 radical (unpaired) electrons. The van der Waals surface area contributed by atoms with Crippen molar-refractivity contribution in [3.8, 4) is 5.69 Å². The van der Waals surface area contributed by atoms with E-state index in [0.29, 0.717) is 19.0 Å². The molecule has 0 N–H and O–H groups in total. The van der Waals surface area contributed by atoms with Crippen molar-refractivity contribution in [2.24, 2.45) is 0 Å².